The lowest BCUT2D eigenvalue weighted by atomic mass is 10.1. The molecule has 1 unspecified atom stereocenters. The van der Waals surface area contributed by atoms with E-state index in [1.165, 1.54) is 0 Å². The first kappa shape index (κ1) is 10.2. The van der Waals surface area contributed by atoms with E-state index in [0.717, 1.165) is 0 Å². The monoisotopic (exact) mass is 198 g/mol. The Morgan fingerprint density at radius 3 is 2.50 bits per heavy atom. The first-order chi connectivity index (χ1) is 6.60. The number of H-pyrrole nitrogens is 2. The van der Waals surface area contributed by atoms with Gasteiger partial charge in [-0.1, -0.05) is 12.1 Å². The van der Waals surface area contributed by atoms with E-state index >= 15 is 0 Å². The van der Waals surface area contributed by atoms with Gasteiger partial charge in [-0.25, -0.2) is 4.79 Å². The topological polar surface area (TPSA) is 121 Å². The van der Waals surface area contributed by atoms with Gasteiger partial charge in [0.25, 0.3) is 5.56 Å². The Morgan fingerprint density at radius 1 is 1.43 bits per heavy atom. The second kappa shape index (κ2) is 3.86. The summed E-state index contributed by atoms with van der Waals surface area (Å²) in [5, 5.41) is 2.76. The quantitative estimate of drug-likeness (QED) is 0.585. The van der Waals surface area contributed by atoms with Crippen molar-refractivity contribution < 1.29 is 0 Å². The Hall–Kier alpha value is -1.92. The van der Waals surface area contributed by atoms with E-state index < -0.39 is 17.3 Å². The second-order valence-electron chi connectivity index (χ2n) is 2.77. The Kier molecular flexibility index (Phi) is 2.80. The molecule has 7 nitrogen and oxygen atoms in total. The summed E-state index contributed by atoms with van der Waals surface area (Å²) >= 11 is 0. The van der Waals surface area contributed by atoms with E-state index in [-0.39, 0.29) is 11.4 Å². The van der Waals surface area contributed by atoms with Crippen LogP contribution in [0.25, 0.3) is 0 Å². The SMILES string of the molecule is CCC(N=O)c1c(N)[nH]c(=O)[nH]c1=O. The molecule has 0 aliphatic rings. The van der Waals surface area contributed by atoms with Gasteiger partial charge in [-0.05, 0) is 6.42 Å². The van der Waals surface area contributed by atoms with Crippen LogP contribution in [0.3, 0.4) is 0 Å². The summed E-state index contributed by atoms with van der Waals surface area (Å²) in [6.45, 7) is 1.69. The van der Waals surface area contributed by atoms with Gasteiger partial charge in [-0.2, -0.15) is 4.91 Å². The van der Waals surface area contributed by atoms with Crippen molar-refractivity contribution in [3.8, 4) is 0 Å². The second-order valence-corrected chi connectivity index (χ2v) is 2.77. The Labute approximate surface area is 78.3 Å². The predicted molar refractivity (Wildman–Crippen MR) is 50.9 cm³/mol. The van der Waals surface area contributed by atoms with Crippen molar-refractivity contribution >= 4 is 5.82 Å². The zero-order chi connectivity index (χ0) is 10.7. The van der Waals surface area contributed by atoms with Gasteiger partial charge >= 0.3 is 5.69 Å². The molecule has 0 aliphatic heterocycles. The number of nitrogens with zero attached hydrogens (tertiary/aromatic N) is 1. The van der Waals surface area contributed by atoms with Crippen LogP contribution in [0, 0.1) is 4.91 Å². The molecule has 7 heteroatoms. The average Bonchev–Trinajstić information content (AvgIpc) is 2.10. The summed E-state index contributed by atoms with van der Waals surface area (Å²) in [7, 11) is 0. The highest BCUT2D eigenvalue weighted by atomic mass is 16.3. The van der Waals surface area contributed by atoms with Crippen LogP contribution in [0.4, 0.5) is 5.82 Å². The third-order valence-electron chi connectivity index (χ3n) is 1.86. The maximum atomic E-state index is 11.3. The van der Waals surface area contributed by atoms with E-state index in [9.17, 15) is 14.5 Å². The minimum absolute atomic E-state index is 0.0158. The molecule has 0 fully saturated rings. The summed E-state index contributed by atoms with van der Waals surface area (Å²) in [5.41, 5.74) is 4.05. The molecule has 1 heterocycles. The summed E-state index contributed by atoms with van der Waals surface area (Å²) in [4.78, 5) is 36.6. The van der Waals surface area contributed by atoms with Crippen LogP contribution < -0.4 is 17.0 Å². The van der Waals surface area contributed by atoms with Crippen molar-refractivity contribution in [1.29, 1.82) is 0 Å². The molecule has 0 radical (unpaired) electrons. The minimum atomic E-state index is -0.824. The number of nitrogens with one attached hydrogen (secondary N) is 2. The average molecular weight is 198 g/mol. The molecule has 76 valence electrons. The lowest BCUT2D eigenvalue weighted by Crippen LogP contribution is -2.28. The van der Waals surface area contributed by atoms with Crippen LogP contribution in [0.1, 0.15) is 24.9 Å². The molecular weight excluding hydrogens is 188 g/mol. The number of aromatic nitrogens is 2. The molecular formula is C7H10N4O3. The van der Waals surface area contributed by atoms with Crippen LogP contribution in [0.15, 0.2) is 14.8 Å². The minimum Gasteiger partial charge on any atom is -0.385 e. The number of rotatable bonds is 3. The van der Waals surface area contributed by atoms with Crippen molar-refractivity contribution in [2.45, 2.75) is 19.4 Å². The van der Waals surface area contributed by atoms with E-state index in [2.05, 4.69) is 10.2 Å². The van der Waals surface area contributed by atoms with Crippen molar-refractivity contribution in [3.63, 3.8) is 0 Å². The summed E-state index contributed by atoms with van der Waals surface area (Å²) in [6.07, 6.45) is 0.350. The molecule has 1 aromatic rings. The van der Waals surface area contributed by atoms with Crippen LogP contribution in [-0.4, -0.2) is 9.97 Å². The first-order valence-electron chi connectivity index (χ1n) is 4.04. The lowest BCUT2D eigenvalue weighted by Gasteiger charge is -2.06. The third-order valence-corrected chi connectivity index (χ3v) is 1.86. The molecule has 0 saturated heterocycles. The van der Waals surface area contributed by atoms with Crippen molar-refractivity contribution in [2.24, 2.45) is 5.18 Å². The molecule has 1 aromatic heterocycles. The summed E-state index contributed by atoms with van der Waals surface area (Å²) in [6, 6.07) is -0.824. The molecule has 0 bridgehead atoms. The van der Waals surface area contributed by atoms with Gasteiger partial charge < -0.3 is 5.73 Å². The maximum Gasteiger partial charge on any atom is 0.327 e. The molecule has 0 aliphatic carbocycles. The Bertz CT molecular complexity index is 447. The smallest absolute Gasteiger partial charge is 0.327 e. The van der Waals surface area contributed by atoms with Crippen LogP contribution in [0.2, 0.25) is 0 Å². The molecule has 14 heavy (non-hydrogen) atoms. The summed E-state index contributed by atoms with van der Waals surface area (Å²) in [5.74, 6) is -0.106. The lowest BCUT2D eigenvalue weighted by molar-refractivity contribution is 0.681. The predicted octanol–water partition coefficient (Wildman–Crippen LogP) is -0.137. The van der Waals surface area contributed by atoms with E-state index in [1.807, 2.05) is 4.98 Å². The standard InChI is InChI=1S/C7H10N4O3/c1-2-3(11-14)4-5(8)9-7(13)10-6(4)12/h3H,2H2,1H3,(H4,8,9,10,12,13). The van der Waals surface area contributed by atoms with Gasteiger partial charge in [0.15, 0.2) is 0 Å². The molecule has 1 atom stereocenters. The number of aromatic amines is 2. The first-order valence-corrected chi connectivity index (χ1v) is 4.04. The fourth-order valence-corrected chi connectivity index (χ4v) is 1.18. The maximum absolute atomic E-state index is 11.3. The van der Waals surface area contributed by atoms with E-state index in [4.69, 9.17) is 5.73 Å². The summed E-state index contributed by atoms with van der Waals surface area (Å²) < 4.78 is 0. The molecule has 0 spiro atoms. The van der Waals surface area contributed by atoms with Gasteiger partial charge in [-0.15, -0.1) is 0 Å². The van der Waals surface area contributed by atoms with Crippen LogP contribution in [0.5, 0.6) is 0 Å². The Balaban J connectivity index is 3.41. The van der Waals surface area contributed by atoms with Crippen molar-refractivity contribution in [1.82, 2.24) is 9.97 Å². The highest BCUT2D eigenvalue weighted by Gasteiger charge is 2.17. The highest BCUT2D eigenvalue weighted by molar-refractivity contribution is 5.38. The number of hydrogen-bond donors (Lipinski definition) is 3. The van der Waals surface area contributed by atoms with Gasteiger partial charge in [0.1, 0.15) is 11.9 Å². The highest BCUT2D eigenvalue weighted by Crippen LogP contribution is 2.19. The van der Waals surface area contributed by atoms with E-state index in [1.54, 1.807) is 6.92 Å². The fraction of sp³-hybridized carbons (Fsp3) is 0.429. The van der Waals surface area contributed by atoms with Gasteiger partial charge in [0, 0.05) is 0 Å². The zero-order valence-electron chi connectivity index (χ0n) is 7.53. The fourth-order valence-electron chi connectivity index (χ4n) is 1.18. The van der Waals surface area contributed by atoms with E-state index in [0.29, 0.717) is 6.42 Å². The molecule has 0 amide bonds. The normalized spacial score (nSPS) is 12.4. The van der Waals surface area contributed by atoms with Crippen molar-refractivity contribution in [2.75, 3.05) is 5.73 Å². The number of nitrogens with two attached hydrogens (primary N) is 1. The van der Waals surface area contributed by atoms with Gasteiger partial charge in [0.05, 0.1) is 5.56 Å². The van der Waals surface area contributed by atoms with Gasteiger partial charge in [0.2, 0.25) is 0 Å². The number of hydrogen-bond acceptors (Lipinski definition) is 5. The number of nitrogen functional groups attached to an aromatic ring is 1. The zero-order valence-corrected chi connectivity index (χ0v) is 7.53. The molecule has 0 aromatic carbocycles. The Morgan fingerprint density at radius 2 is 2.07 bits per heavy atom. The third kappa shape index (κ3) is 1.70. The molecule has 1 rings (SSSR count). The van der Waals surface area contributed by atoms with Crippen LogP contribution >= 0.6 is 0 Å². The molecule has 0 saturated carbocycles. The van der Waals surface area contributed by atoms with Crippen molar-refractivity contribution in [3.05, 3.63) is 31.3 Å². The number of anilines is 1. The number of nitroso groups, excluding NO2 is 1. The molecule has 4 N–H and O–H groups in total. The largest absolute Gasteiger partial charge is 0.385 e. The van der Waals surface area contributed by atoms with Gasteiger partial charge in [-0.3, -0.25) is 14.8 Å². The van der Waals surface area contributed by atoms with Crippen LogP contribution in [-0.2, 0) is 0 Å².